The van der Waals surface area contributed by atoms with Gasteiger partial charge in [-0.2, -0.15) is 0 Å². The number of ether oxygens (including phenoxy) is 2. The molecule has 0 aliphatic heterocycles. The van der Waals surface area contributed by atoms with Gasteiger partial charge >= 0.3 is 276 Å². The van der Waals surface area contributed by atoms with Crippen molar-refractivity contribution < 1.29 is 335 Å². The average molecular weight is 1030 g/mol. The molecule has 0 radical (unpaired) electrons. The summed E-state index contributed by atoms with van der Waals surface area (Å²) < 4.78 is 10.5. The molecule has 0 fully saturated rings. The molecule has 0 bridgehead atoms. The topological polar surface area (TPSA) is 278 Å². The fourth-order valence-electron chi connectivity index (χ4n) is 3.34. The summed E-state index contributed by atoms with van der Waals surface area (Å²) in [5.41, 5.74) is 8.07. The van der Waals surface area contributed by atoms with E-state index in [0.717, 1.165) is 0 Å². The summed E-state index contributed by atoms with van der Waals surface area (Å²) in [5.74, 6) is -7.05. The van der Waals surface area contributed by atoms with E-state index in [0.29, 0.717) is 9.80 Å². The number of carbonyl (C=O) groups excluding carboxylic acids is 4. The van der Waals surface area contributed by atoms with Crippen LogP contribution in [0.1, 0.15) is 0 Å². The molecule has 20 heteroatoms. The summed E-state index contributed by atoms with van der Waals surface area (Å²) in [4.78, 5) is 46.3. The zero-order chi connectivity index (χ0) is 26.3. The first-order valence-corrected chi connectivity index (χ1v) is 10.1. The van der Waals surface area contributed by atoms with Gasteiger partial charge in [0.05, 0.1) is 69.0 Å². The standard InChI is InChI=1S/C18H34N4O12.4Cs/c19-1-3-33-9-12(21(5-14(24)25)6-15(26)27)18(32,11-23)13(10-34-4-2-20)22(7-16(28)29)8-17(30)31;;;;/h12-13,23,32H,1-11,19-20H2,(H,24,25)(H,26,27)(H,28,29)(H,30,31);;;;/q;4*+1/p-4. The third-order valence-electron chi connectivity index (χ3n) is 4.69. The molecule has 0 saturated carbocycles. The summed E-state index contributed by atoms with van der Waals surface area (Å²) in [6, 6.07) is -3.37. The van der Waals surface area contributed by atoms with Crippen LogP contribution in [-0.2, 0) is 28.7 Å². The van der Waals surface area contributed by atoms with Crippen LogP contribution in [0.5, 0.6) is 0 Å². The first kappa shape index (κ1) is 53.3. The van der Waals surface area contributed by atoms with E-state index < -0.39 is 87.6 Å². The van der Waals surface area contributed by atoms with Crippen molar-refractivity contribution in [1.82, 2.24) is 9.80 Å². The van der Waals surface area contributed by atoms with Crippen LogP contribution in [-0.4, -0.2) is 134 Å². The molecule has 0 aromatic rings. The first-order valence-electron chi connectivity index (χ1n) is 10.1. The largest absolute Gasteiger partial charge is 1.00 e. The Morgan fingerprint density at radius 2 is 0.947 bits per heavy atom. The number of rotatable bonds is 21. The van der Waals surface area contributed by atoms with Crippen LogP contribution in [0.2, 0.25) is 0 Å². The molecule has 198 valence electrons. The van der Waals surface area contributed by atoms with Crippen molar-refractivity contribution in [3.05, 3.63) is 0 Å². The quantitative estimate of drug-likeness (QED) is 0.0778. The van der Waals surface area contributed by atoms with Crippen molar-refractivity contribution in [3.63, 3.8) is 0 Å². The molecule has 0 saturated heterocycles. The zero-order valence-corrected chi connectivity index (χ0v) is 47.6. The minimum Gasteiger partial charge on any atom is -0.549 e. The number of carboxylic acids is 4. The Bertz CT molecular complexity index is 601. The molecule has 16 nitrogen and oxygen atoms in total. The van der Waals surface area contributed by atoms with Gasteiger partial charge in [0.15, 0.2) is 0 Å². The second-order valence-corrected chi connectivity index (χ2v) is 7.21. The summed E-state index contributed by atoms with van der Waals surface area (Å²) in [7, 11) is 0. The second-order valence-electron chi connectivity index (χ2n) is 7.21. The van der Waals surface area contributed by atoms with E-state index in [2.05, 4.69) is 0 Å². The zero-order valence-electron chi connectivity index (χ0n) is 22.5. The number of hydrogen-bond acceptors (Lipinski definition) is 16. The molecule has 0 aliphatic rings. The predicted molar refractivity (Wildman–Crippen MR) is 103 cm³/mol. The number of carbonyl (C=O) groups is 4. The third-order valence-corrected chi connectivity index (χ3v) is 4.69. The molecule has 2 unspecified atom stereocenters. The first-order chi connectivity index (χ1) is 15.9. The van der Waals surface area contributed by atoms with E-state index in [4.69, 9.17) is 20.9 Å². The smallest absolute Gasteiger partial charge is 0.549 e. The van der Waals surface area contributed by atoms with Crippen molar-refractivity contribution in [2.75, 3.05) is 72.3 Å². The van der Waals surface area contributed by atoms with Crippen LogP contribution < -0.4 is 307 Å². The summed E-state index contributed by atoms with van der Waals surface area (Å²) >= 11 is 0. The molecule has 38 heavy (non-hydrogen) atoms. The Morgan fingerprint density at radius 1 is 0.684 bits per heavy atom. The van der Waals surface area contributed by atoms with Crippen LogP contribution in [0.4, 0.5) is 0 Å². The maximum Gasteiger partial charge on any atom is 1.00 e. The van der Waals surface area contributed by atoms with Crippen molar-refractivity contribution in [2.45, 2.75) is 17.7 Å². The van der Waals surface area contributed by atoms with Crippen LogP contribution in [0.15, 0.2) is 0 Å². The average Bonchev–Trinajstić information content (AvgIpc) is 2.71. The molecule has 0 spiro atoms. The van der Waals surface area contributed by atoms with E-state index in [1.807, 2.05) is 0 Å². The maximum absolute atomic E-state index is 11.5. The van der Waals surface area contributed by atoms with E-state index >= 15 is 0 Å². The molecule has 0 aromatic carbocycles. The summed E-state index contributed by atoms with van der Waals surface area (Å²) in [5, 5.41) is 66.7. The summed E-state index contributed by atoms with van der Waals surface area (Å²) in [6.45, 7) is -7.08. The second kappa shape index (κ2) is 31.4. The Morgan fingerprint density at radius 3 is 1.13 bits per heavy atom. The minimum atomic E-state index is -2.63. The van der Waals surface area contributed by atoms with Crippen molar-refractivity contribution in [3.8, 4) is 0 Å². The van der Waals surface area contributed by atoms with Gasteiger partial charge < -0.3 is 70.8 Å². The van der Waals surface area contributed by atoms with Gasteiger partial charge in [-0.05, 0) is 0 Å². The SMILES string of the molecule is NCCOCC(N(CC(=O)[O-])CC(=O)[O-])C(O)(CO)C(COCCN)N(CC(=O)[O-])CC(=O)[O-].[Cs+].[Cs+].[Cs+].[Cs+]. The molecule has 6 N–H and O–H groups in total. The number of aliphatic hydroxyl groups excluding tert-OH is 1. The number of nitrogens with zero attached hydrogens (tertiary/aromatic N) is 2. The fourth-order valence-corrected chi connectivity index (χ4v) is 3.34. The van der Waals surface area contributed by atoms with Crippen LogP contribution in [0.3, 0.4) is 0 Å². The number of nitrogens with two attached hydrogens (primary N) is 2. The van der Waals surface area contributed by atoms with E-state index in [9.17, 15) is 49.8 Å². The Kier molecular flexibility index (Phi) is 44.0. The number of carboxylic acid groups (broad SMARTS) is 4. The molecular formula is C18H30Cs4N4O12. The van der Waals surface area contributed by atoms with Gasteiger partial charge in [-0.15, -0.1) is 0 Å². The van der Waals surface area contributed by atoms with Crippen LogP contribution in [0.25, 0.3) is 0 Å². The summed E-state index contributed by atoms with van der Waals surface area (Å²) in [6.07, 6.45) is 0. The van der Waals surface area contributed by atoms with Gasteiger partial charge in [-0.25, -0.2) is 0 Å². The molecular weight excluding hydrogens is 996 g/mol. The van der Waals surface area contributed by atoms with Gasteiger partial charge in [-0.1, -0.05) is 0 Å². The van der Waals surface area contributed by atoms with E-state index in [1.54, 1.807) is 0 Å². The number of hydrogen-bond donors (Lipinski definition) is 4. The molecule has 0 rings (SSSR count). The number of aliphatic hydroxyl groups is 2. The van der Waals surface area contributed by atoms with Crippen molar-refractivity contribution in [2.24, 2.45) is 11.5 Å². The monoisotopic (exact) mass is 1030 g/mol. The number of aliphatic carboxylic acids is 4. The van der Waals surface area contributed by atoms with E-state index in [1.165, 1.54) is 0 Å². The molecule has 0 aliphatic carbocycles. The Labute approximate surface area is 456 Å². The van der Waals surface area contributed by atoms with Gasteiger partial charge in [0.2, 0.25) is 0 Å². The fraction of sp³-hybridized carbons (Fsp3) is 0.778. The molecule has 0 aromatic heterocycles. The third kappa shape index (κ3) is 23.1. The molecule has 0 heterocycles. The van der Waals surface area contributed by atoms with Crippen LogP contribution in [0, 0.1) is 0 Å². The Balaban J connectivity index is -0.000000907. The van der Waals surface area contributed by atoms with Gasteiger partial charge in [0.25, 0.3) is 0 Å². The van der Waals surface area contributed by atoms with E-state index in [-0.39, 0.29) is 302 Å². The molecule has 0 amide bonds. The normalized spacial score (nSPS) is 13.5. The van der Waals surface area contributed by atoms with Gasteiger partial charge in [-0.3, -0.25) is 9.80 Å². The minimum absolute atomic E-state index is 0. The Hall–Kier alpha value is 5.77. The predicted octanol–water partition coefficient (Wildman–Crippen LogP) is -22.0. The molecule has 2 atom stereocenters. The maximum atomic E-state index is 11.5. The van der Waals surface area contributed by atoms with Gasteiger partial charge in [0.1, 0.15) is 5.60 Å². The van der Waals surface area contributed by atoms with Gasteiger partial charge in [0, 0.05) is 39.3 Å². The van der Waals surface area contributed by atoms with Crippen molar-refractivity contribution in [1.29, 1.82) is 0 Å². The van der Waals surface area contributed by atoms with Crippen LogP contribution >= 0.6 is 0 Å². The van der Waals surface area contributed by atoms with Crippen molar-refractivity contribution >= 4 is 23.9 Å².